The number of nitrogens with one attached hydrogen (secondary N) is 1. The third-order valence-corrected chi connectivity index (χ3v) is 6.64. The fraction of sp³-hybridized carbons (Fsp3) is 0.308. The van der Waals surface area contributed by atoms with Crippen LogP contribution in [-0.2, 0) is 12.7 Å². The average Bonchev–Trinajstić information content (AvgIpc) is 3.55. The van der Waals surface area contributed by atoms with Crippen LogP contribution < -0.4 is 15.8 Å². The number of hydrogen-bond acceptors (Lipinski definition) is 6. The number of nitrogens with two attached hydrogens (primary N) is 1. The Morgan fingerprint density at radius 2 is 1.86 bits per heavy atom. The Morgan fingerprint density at radius 1 is 1.14 bits per heavy atom. The summed E-state index contributed by atoms with van der Waals surface area (Å²) >= 11 is 0. The molecule has 2 aromatic heterocycles. The van der Waals surface area contributed by atoms with Crippen LogP contribution in [-0.4, -0.2) is 32.8 Å². The summed E-state index contributed by atoms with van der Waals surface area (Å²) in [5, 5.41) is 8.21. The van der Waals surface area contributed by atoms with Crippen LogP contribution in [0.3, 0.4) is 0 Å². The zero-order valence-electron chi connectivity index (χ0n) is 20.0. The first kappa shape index (κ1) is 24.5. The van der Waals surface area contributed by atoms with Gasteiger partial charge in [0.2, 0.25) is 0 Å². The average molecular weight is 511 g/mol. The predicted octanol–water partition coefficient (Wildman–Crippen LogP) is 5.15. The highest BCUT2D eigenvalue weighted by Gasteiger charge is 2.32. The molecule has 3 N–H and O–H groups in total. The Bertz CT molecular complexity index is 1440. The molecule has 11 heteroatoms. The van der Waals surface area contributed by atoms with Crippen LogP contribution in [0.1, 0.15) is 53.2 Å². The highest BCUT2D eigenvalue weighted by molar-refractivity contribution is 5.98. The van der Waals surface area contributed by atoms with Gasteiger partial charge in [0, 0.05) is 12.1 Å². The van der Waals surface area contributed by atoms with Crippen LogP contribution in [0.15, 0.2) is 48.8 Å². The Labute approximate surface area is 210 Å². The summed E-state index contributed by atoms with van der Waals surface area (Å²) in [5.41, 5.74) is 8.06. The number of hydrogen-bond donors (Lipinski definition) is 2. The number of nitrogen functional groups attached to an aromatic ring is 1. The van der Waals surface area contributed by atoms with Gasteiger partial charge >= 0.3 is 6.18 Å². The SMILES string of the molecule is COc1ccc(C(F)(F)F)cc1C(=O)NCc1ccc(-c2nn(C3CCCC3)c3ncnc(N)c23)cc1. The van der Waals surface area contributed by atoms with Crippen molar-refractivity contribution in [2.24, 2.45) is 0 Å². The number of benzene rings is 2. The zero-order valence-corrected chi connectivity index (χ0v) is 20.0. The van der Waals surface area contributed by atoms with Gasteiger partial charge in [-0.3, -0.25) is 4.79 Å². The van der Waals surface area contributed by atoms with Gasteiger partial charge < -0.3 is 15.8 Å². The normalized spacial score (nSPS) is 14.3. The maximum atomic E-state index is 13.1. The van der Waals surface area contributed by atoms with E-state index >= 15 is 0 Å². The van der Waals surface area contributed by atoms with E-state index in [2.05, 4.69) is 15.3 Å². The molecule has 0 unspecified atom stereocenters. The molecule has 1 aliphatic rings. The highest BCUT2D eigenvalue weighted by atomic mass is 19.4. The molecule has 5 rings (SSSR count). The van der Waals surface area contributed by atoms with Gasteiger partial charge in [-0.2, -0.15) is 18.3 Å². The zero-order chi connectivity index (χ0) is 26.2. The summed E-state index contributed by atoms with van der Waals surface area (Å²) in [5.74, 6) is -0.251. The van der Waals surface area contributed by atoms with E-state index in [1.165, 1.54) is 13.4 Å². The molecule has 37 heavy (non-hydrogen) atoms. The summed E-state index contributed by atoms with van der Waals surface area (Å²) < 4.78 is 46.4. The van der Waals surface area contributed by atoms with E-state index < -0.39 is 17.6 Å². The van der Waals surface area contributed by atoms with Crippen LogP contribution in [0.2, 0.25) is 0 Å². The van der Waals surface area contributed by atoms with Gasteiger partial charge in [-0.1, -0.05) is 37.1 Å². The molecule has 1 aliphatic carbocycles. The molecule has 0 spiro atoms. The largest absolute Gasteiger partial charge is 0.496 e. The number of methoxy groups -OCH3 is 1. The molecule has 1 amide bonds. The van der Waals surface area contributed by atoms with Crippen LogP contribution in [0.5, 0.6) is 5.75 Å². The van der Waals surface area contributed by atoms with Gasteiger partial charge in [0.15, 0.2) is 5.65 Å². The van der Waals surface area contributed by atoms with Gasteiger partial charge in [0.05, 0.1) is 29.7 Å². The van der Waals surface area contributed by atoms with Crippen molar-refractivity contribution in [1.29, 1.82) is 0 Å². The molecule has 1 fully saturated rings. The van der Waals surface area contributed by atoms with Gasteiger partial charge in [0.25, 0.3) is 5.91 Å². The minimum absolute atomic E-state index is 0.0605. The predicted molar refractivity (Wildman–Crippen MR) is 132 cm³/mol. The third kappa shape index (κ3) is 4.81. The maximum absolute atomic E-state index is 13.1. The first-order valence-corrected chi connectivity index (χ1v) is 11.9. The van der Waals surface area contributed by atoms with Crippen molar-refractivity contribution >= 4 is 22.8 Å². The van der Waals surface area contributed by atoms with Crippen LogP contribution in [0, 0.1) is 0 Å². The fourth-order valence-electron chi connectivity index (χ4n) is 4.72. The third-order valence-electron chi connectivity index (χ3n) is 6.64. The quantitative estimate of drug-likeness (QED) is 0.372. The molecule has 192 valence electrons. The maximum Gasteiger partial charge on any atom is 0.416 e. The number of amides is 1. The van der Waals surface area contributed by atoms with E-state index in [-0.39, 0.29) is 23.9 Å². The van der Waals surface area contributed by atoms with E-state index in [0.717, 1.165) is 55.0 Å². The Balaban J connectivity index is 1.37. The van der Waals surface area contributed by atoms with Gasteiger partial charge in [-0.15, -0.1) is 0 Å². The van der Waals surface area contributed by atoms with E-state index in [0.29, 0.717) is 22.5 Å². The summed E-state index contributed by atoms with van der Waals surface area (Å²) in [7, 11) is 1.30. The van der Waals surface area contributed by atoms with Crippen molar-refractivity contribution in [3.8, 4) is 17.0 Å². The molecular weight excluding hydrogens is 485 g/mol. The first-order chi connectivity index (χ1) is 17.8. The molecule has 0 atom stereocenters. The number of ether oxygens (including phenoxy) is 1. The second-order valence-corrected chi connectivity index (χ2v) is 8.98. The number of carbonyl (C=O) groups excluding carboxylic acids is 1. The molecule has 0 bridgehead atoms. The first-order valence-electron chi connectivity index (χ1n) is 11.9. The number of carbonyl (C=O) groups is 1. The lowest BCUT2D eigenvalue weighted by atomic mass is 10.1. The molecule has 1 saturated carbocycles. The minimum atomic E-state index is -4.57. The number of fused-ring (bicyclic) bond motifs is 1. The van der Waals surface area contributed by atoms with Crippen molar-refractivity contribution in [2.45, 2.75) is 44.4 Å². The Kier molecular flexibility index (Phi) is 6.45. The molecule has 0 saturated heterocycles. The molecule has 4 aromatic rings. The second-order valence-electron chi connectivity index (χ2n) is 8.98. The number of anilines is 1. The summed E-state index contributed by atoms with van der Waals surface area (Å²) in [6.07, 6.45) is 1.24. The lowest BCUT2D eigenvalue weighted by Crippen LogP contribution is -2.24. The number of nitrogens with zero attached hydrogens (tertiary/aromatic N) is 4. The molecule has 2 heterocycles. The number of halogens is 3. The van der Waals surface area contributed by atoms with Crippen LogP contribution in [0.25, 0.3) is 22.3 Å². The van der Waals surface area contributed by atoms with Crippen LogP contribution in [0.4, 0.5) is 19.0 Å². The van der Waals surface area contributed by atoms with E-state index in [4.69, 9.17) is 15.6 Å². The number of rotatable bonds is 6. The van der Waals surface area contributed by atoms with Gasteiger partial charge in [-0.05, 0) is 36.6 Å². The summed E-state index contributed by atoms with van der Waals surface area (Å²) in [6, 6.07) is 10.4. The number of aromatic nitrogens is 4. The topological polar surface area (TPSA) is 108 Å². The summed E-state index contributed by atoms with van der Waals surface area (Å²) in [6.45, 7) is 0.112. The van der Waals surface area contributed by atoms with Crippen molar-refractivity contribution in [2.75, 3.05) is 12.8 Å². The minimum Gasteiger partial charge on any atom is -0.496 e. The highest BCUT2D eigenvalue weighted by Crippen LogP contribution is 2.36. The second kappa shape index (κ2) is 9.72. The van der Waals surface area contributed by atoms with Crippen molar-refractivity contribution in [1.82, 2.24) is 25.1 Å². The number of alkyl halides is 3. The molecule has 0 aliphatic heterocycles. The lowest BCUT2D eigenvalue weighted by molar-refractivity contribution is -0.137. The Morgan fingerprint density at radius 3 is 2.54 bits per heavy atom. The van der Waals surface area contributed by atoms with E-state index in [1.807, 2.05) is 28.9 Å². The van der Waals surface area contributed by atoms with Crippen molar-refractivity contribution in [3.63, 3.8) is 0 Å². The molecule has 0 radical (unpaired) electrons. The van der Waals surface area contributed by atoms with Crippen LogP contribution >= 0.6 is 0 Å². The molecular formula is C26H25F3N6O2. The fourth-order valence-corrected chi connectivity index (χ4v) is 4.72. The van der Waals surface area contributed by atoms with Gasteiger partial charge in [-0.25, -0.2) is 14.6 Å². The lowest BCUT2D eigenvalue weighted by Gasteiger charge is -2.13. The smallest absolute Gasteiger partial charge is 0.416 e. The van der Waals surface area contributed by atoms with Crippen molar-refractivity contribution < 1.29 is 22.7 Å². The monoisotopic (exact) mass is 510 g/mol. The standard InChI is InChI=1S/C26H25F3N6O2/c1-37-20-11-10-17(26(27,28)29)12-19(20)25(36)31-13-15-6-8-16(9-7-15)22-21-23(30)32-14-33-24(21)35(34-22)18-4-2-3-5-18/h6-12,14,18H,2-5,13H2,1H3,(H,31,36)(H2,30,32,33). The summed E-state index contributed by atoms with van der Waals surface area (Å²) in [4.78, 5) is 21.3. The molecule has 2 aromatic carbocycles. The van der Waals surface area contributed by atoms with Crippen molar-refractivity contribution in [3.05, 3.63) is 65.5 Å². The molecule has 8 nitrogen and oxygen atoms in total. The van der Waals surface area contributed by atoms with E-state index in [1.54, 1.807) is 0 Å². The Hall–Kier alpha value is -4.15. The van der Waals surface area contributed by atoms with Gasteiger partial charge in [0.1, 0.15) is 23.6 Å². The van der Waals surface area contributed by atoms with E-state index in [9.17, 15) is 18.0 Å².